The van der Waals surface area contributed by atoms with Crippen LogP contribution in [0.5, 0.6) is 0 Å². The Morgan fingerprint density at radius 1 is 0.821 bits per heavy atom. The fourth-order valence-corrected chi connectivity index (χ4v) is 15.8. The molecule has 0 radical (unpaired) electrons. The Kier molecular flexibility index (Phi) is 13.0. The van der Waals surface area contributed by atoms with Crippen LogP contribution in [0.4, 0.5) is 0 Å². The molecule has 0 aliphatic heterocycles. The Bertz CT molecular complexity index is 453. The molecule has 28 heavy (non-hydrogen) atoms. The van der Waals surface area contributed by atoms with Crippen molar-refractivity contribution in [2.45, 2.75) is 90.9 Å². The quantitative estimate of drug-likeness (QED) is 0.128. The lowest BCUT2D eigenvalue weighted by Crippen LogP contribution is -2.54. The van der Waals surface area contributed by atoms with Crippen molar-refractivity contribution >= 4 is 31.2 Å². The number of hydrogen-bond acceptors (Lipinski definition) is 5. The zero-order valence-corrected chi connectivity index (χ0v) is 22.6. The second kappa shape index (κ2) is 13.1. The molecule has 0 saturated heterocycles. The summed E-state index contributed by atoms with van der Waals surface area (Å²) in [5.74, 6) is -0.363. The number of unbranched alkanes of at least 4 members (excludes halogenated alkanes) is 2. The van der Waals surface area contributed by atoms with E-state index in [0.717, 1.165) is 18.5 Å². The minimum atomic E-state index is -2.26. The van der Waals surface area contributed by atoms with E-state index in [1.54, 1.807) is 6.92 Å². The van der Waals surface area contributed by atoms with Gasteiger partial charge in [-0.05, 0) is 64.7 Å². The summed E-state index contributed by atoms with van der Waals surface area (Å²) in [6.45, 7) is 22.3. The van der Waals surface area contributed by atoms with E-state index in [0.29, 0.717) is 18.8 Å². The molecule has 0 fully saturated rings. The molecule has 0 aliphatic rings. The van der Waals surface area contributed by atoms with Gasteiger partial charge in [-0.15, -0.1) is 0 Å². The molecule has 0 N–H and O–H groups in total. The lowest BCUT2D eigenvalue weighted by molar-refractivity contribution is -0.140. The highest BCUT2D eigenvalue weighted by Crippen LogP contribution is 2.31. The van der Waals surface area contributed by atoms with Gasteiger partial charge in [-0.1, -0.05) is 32.8 Å². The predicted octanol–water partition coefficient (Wildman–Crippen LogP) is 5.85. The largest absolute Gasteiger partial charge is 0.460 e. The standard InChI is InChI=1S/C20H44O5Si3/c1-10-11-12-17-28(24-26(4,5)6,25-27(7,8)9)18-13-14-22-15-16-23-20(21)19(2)3/h2,10-18H2,1,3-9H3. The molecule has 8 heteroatoms. The topological polar surface area (TPSA) is 54.0 Å². The molecule has 0 aromatic heterocycles. The Morgan fingerprint density at radius 2 is 1.36 bits per heavy atom. The van der Waals surface area contributed by atoms with Gasteiger partial charge in [0.2, 0.25) is 0 Å². The van der Waals surface area contributed by atoms with Crippen molar-refractivity contribution in [1.29, 1.82) is 0 Å². The highest BCUT2D eigenvalue weighted by Gasteiger charge is 2.43. The maximum absolute atomic E-state index is 11.4. The lowest BCUT2D eigenvalue weighted by atomic mass is 10.3. The molecule has 0 rings (SSSR count). The van der Waals surface area contributed by atoms with E-state index in [-0.39, 0.29) is 12.6 Å². The third-order valence-electron chi connectivity index (χ3n) is 3.80. The van der Waals surface area contributed by atoms with Crippen LogP contribution in [0, 0.1) is 0 Å². The number of carbonyl (C=O) groups is 1. The molecule has 0 bridgehead atoms. The Labute approximate surface area is 176 Å². The molecule has 0 amide bonds. The molecule has 0 heterocycles. The Morgan fingerprint density at radius 3 is 1.82 bits per heavy atom. The van der Waals surface area contributed by atoms with Crippen molar-refractivity contribution in [3.63, 3.8) is 0 Å². The molecule has 0 aliphatic carbocycles. The monoisotopic (exact) mass is 448 g/mol. The molecule has 5 nitrogen and oxygen atoms in total. The highest BCUT2D eigenvalue weighted by atomic mass is 28.5. The third-order valence-corrected chi connectivity index (χ3v) is 13.9. The van der Waals surface area contributed by atoms with Crippen molar-refractivity contribution in [1.82, 2.24) is 0 Å². The second-order valence-corrected chi connectivity index (χ2v) is 22.3. The first-order valence-corrected chi connectivity index (χ1v) is 19.7. The van der Waals surface area contributed by atoms with Crippen molar-refractivity contribution < 1.29 is 22.5 Å². The Hall–Kier alpha value is -0.259. The summed E-state index contributed by atoms with van der Waals surface area (Å²) in [6, 6.07) is 2.04. The molecule has 0 aromatic carbocycles. The van der Waals surface area contributed by atoms with E-state index >= 15 is 0 Å². The van der Waals surface area contributed by atoms with Crippen LogP contribution in [-0.2, 0) is 22.5 Å². The van der Waals surface area contributed by atoms with Crippen molar-refractivity contribution in [3.8, 4) is 0 Å². The fourth-order valence-electron chi connectivity index (χ4n) is 2.97. The van der Waals surface area contributed by atoms with Gasteiger partial charge in [-0.25, -0.2) is 4.79 Å². The van der Waals surface area contributed by atoms with Crippen molar-refractivity contribution in [2.75, 3.05) is 19.8 Å². The summed E-state index contributed by atoms with van der Waals surface area (Å²) in [5, 5.41) is 0. The average Bonchev–Trinajstić information content (AvgIpc) is 2.50. The van der Waals surface area contributed by atoms with Gasteiger partial charge in [0.25, 0.3) is 0 Å². The van der Waals surface area contributed by atoms with E-state index < -0.39 is 25.2 Å². The second-order valence-electron chi connectivity index (χ2n) is 9.43. The van der Waals surface area contributed by atoms with Crippen LogP contribution in [0.3, 0.4) is 0 Å². The molecule has 166 valence electrons. The SMILES string of the molecule is C=C(C)C(=O)OCCOCCC[Si](CCCCC)(O[Si](C)(C)C)O[Si](C)(C)C. The van der Waals surface area contributed by atoms with Crippen molar-refractivity contribution in [3.05, 3.63) is 12.2 Å². The van der Waals surface area contributed by atoms with Gasteiger partial charge in [-0.3, -0.25) is 0 Å². The molecule has 0 atom stereocenters. The first kappa shape index (κ1) is 27.7. The first-order valence-electron chi connectivity index (χ1n) is 10.6. The van der Waals surface area contributed by atoms with Crippen molar-refractivity contribution in [2.24, 2.45) is 0 Å². The van der Waals surface area contributed by atoms with E-state index in [4.69, 9.17) is 17.7 Å². The number of rotatable bonds is 16. The summed E-state index contributed by atoms with van der Waals surface area (Å²) in [4.78, 5) is 11.4. The van der Waals surface area contributed by atoms with Gasteiger partial charge in [-0.2, -0.15) is 0 Å². The van der Waals surface area contributed by atoms with Crippen LogP contribution in [0.1, 0.15) is 39.5 Å². The molecule has 0 aromatic rings. The summed E-state index contributed by atoms with van der Waals surface area (Å²) in [7, 11) is -5.67. The zero-order valence-electron chi connectivity index (χ0n) is 19.6. The summed E-state index contributed by atoms with van der Waals surface area (Å²) >= 11 is 0. The highest BCUT2D eigenvalue weighted by molar-refractivity contribution is 6.88. The van der Waals surface area contributed by atoms with Gasteiger partial charge in [0.1, 0.15) is 6.61 Å². The molecular weight excluding hydrogens is 404 g/mol. The molecular formula is C20H44O5Si3. The van der Waals surface area contributed by atoms with Crippen LogP contribution in [0.2, 0.25) is 51.4 Å². The number of ether oxygens (including phenoxy) is 2. The maximum Gasteiger partial charge on any atom is 0.333 e. The lowest BCUT2D eigenvalue weighted by Gasteiger charge is -2.41. The number of carbonyl (C=O) groups excluding carboxylic acids is 1. The minimum absolute atomic E-state index is 0.265. The molecule has 0 spiro atoms. The predicted molar refractivity (Wildman–Crippen MR) is 125 cm³/mol. The van der Waals surface area contributed by atoms with Gasteiger partial charge >= 0.3 is 14.5 Å². The van der Waals surface area contributed by atoms with E-state index in [1.165, 1.54) is 19.3 Å². The molecule has 0 unspecified atom stereocenters. The van der Waals surface area contributed by atoms with Gasteiger partial charge < -0.3 is 17.7 Å². The average molecular weight is 449 g/mol. The van der Waals surface area contributed by atoms with E-state index in [2.05, 4.69) is 52.8 Å². The number of hydrogen-bond donors (Lipinski definition) is 0. The van der Waals surface area contributed by atoms with Gasteiger partial charge in [0.15, 0.2) is 16.6 Å². The summed E-state index contributed by atoms with van der Waals surface area (Å²) < 4.78 is 24.3. The zero-order chi connectivity index (χ0) is 21.8. The Balaban J connectivity index is 4.72. The minimum Gasteiger partial charge on any atom is -0.460 e. The third kappa shape index (κ3) is 14.7. The van der Waals surface area contributed by atoms with Crippen LogP contribution in [0.25, 0.3) is 0 Å². The van der Waals surface area contributed by atoms with Crippen LogP contribution in [-0.4, -0.2) is 51.0 Å². The summed E-state index contributed by atoms with van der Waals surface area (Å²) in [6.07, 6.45) is 4.52. The van der Waals surface area contributed by atoms with Gasteiger partial charge in [0, 0.05) is 12.2 Å². The van der Waals surface area contributed by atoms with E-state index in [1.807, 2.05) is 0 Å². The van der Waals surface area contributed by atoms with E-state index in [9.17, 15) is 4.79 Å². The van der Waals surface area contributed by atoms with Gasteiger partial charge in [0.05, 0.1) is 6.61 Å². The van der Waals surface area contributed by atoms with Crippen LogP contribution >= 0.6 is 0 Å². The molecule has 0 saturated carbocycles. The fraction of sp³-hybridized carbons (Fsp3) is 0.850. The normalized spacial score (nSPS) is 12.9. The first-order chi connectivity index (χ1) is 12.8. The summed E-state index contributed by atoms with van der Waals surface area (Å²) in [5.41, 5.74) is 0.412. The number of esters is 1. The smallest absolute Gasteiger partial charge is 0.333 e. The van der Waals surface area contributed by atoms with Crippen LogP contribution in [0.15, 0.2) is 12.2 Å². The maximum atomic E-state index is 11.4. The van der Waals surface area contributed by atoms with Crippen LogP contribution < -0.4 is 0 Å².